The van der Waals surface area contributed by atoms with Gasteiger partial charge in [0.2, 0.25) is 11.9 Å². The molecule has 0 saturated carbocycles. The van der Waals surface area contributed by atoms with E-state index in [-0.39, 0.29) is 5.91 Å². The summed E-state index contributed by atoms with van der Waals surface area (Å²) in [6, 6.07) is 10.1. The summed E-state index contributed by atoms with van der Waals surface area (Å²) in [6.45, 7) is 4.78. The van der Waals surface area contributed by atoms with Gasteiger partial charge < -0.3 is 15.5 Å². The lowest BCUT2D eigenvalue weighted by molar-refractivity contribution is -0.114. The van der Waals surface area contributed by atoms with Crippen molar-refractivity contribution in [3.63, 3.8) is 0 Å². The fourth-order valence-corrected chi connectivity index (χ4v) is 3.30. The first kappa shape index (κ1) is 17.2. The minimum Gasteiger partial charge on any atom is -0.353 e. The Morgan fingerprint density at radius 1 is 1.28 bits per heavy atom. The Morgan fingerprint density at radius 2 is 2.12 bits per heavy atom. The second-order valence-electron chi connectivity index (χ2n) is 6.38. The smallest absolute Gasteiger partial charge is 0.229 e. The van der Waals surface area contributed by atoms with Crippen LogP contribution in [0.5, 0.6) is 0 Å². The molecule has 132 valence electrons. The summed E-state index contributed by atoms with van der Waals surface area (Å²) in [4.78, 5) is 22.6. The van der Waals surface area contributed by atoms with Crippen molar-refractivity contribution >= 4 is 29.0 Å². The molecular weight excluding hydrogens is 314 g/mol. The number of carbonyl (C=O) groups excluding carboxylic acids is 1. The van der Waals surface area contributed by atoms with Crippen molar-refractivity contribution in [2.45, 2.75) is 45.6 Å². The zero-order valence-electron chi connectivity index (χ0n) is 14.8. The van der Waals surface area contributed by atoms with E-state index in [0.717, 1.165) is 30.2 Å². The maximum atomic E-state index is 11.2. The molecule has 1 aromatic heterocycles. The molecule has 6 heteroatoms. The normalized spacial score (nSPS) is 17.2. The molecular formula is C19H25N5O. The summed E-state index contributed by atoms with van der Waals surface area (Å²) < 4.78 is 0. The molecule has 1 saturated heterocycles. The van der Waals surface area contributed by atoms with E-state index in [9.17, 15) is 4.79 Å². The van der Waals surface area contributed by atoms with Crippen LogP contribution in [0.4, 0.5) is 23.1 Å². The molecule has 2 N–H and O–H groups in total. The van der Waals surface area contributed by atoms with Crippen LogP contribution in [0, 0.1) is 0 Å². The molecule has 0 aliphatic carbocycles. The number of hydrogen-bond acceptors (Lipinski definition) is 5. The number of anilines is 4. The Morgan fingerprint density at radius 3 is 2.92 bits per heavy atom. The van der Waals surface area contributed by atoms with Gasteiger partial charge in [-0.25, -0.2) is 4.98 Å². The van der Waals surface area contributed by atoms with Gasteiger partial charge in [0.1, 0.15) is 5.82 Å². The van der Waals surface area contributed by atoms with Gasteiger partial charge in [0, 0.05) is 37.1 Å². The summed E-state index contributed by atoms with van der Waals surface area (Å²) in [5.74, 6) is 1.45. The predicted molar refractivity (Wildman–Crippen MR) is 101 cm³/mol. The maximum absolute atomic E-state index is 11.2. The Balaban J connectivity index is 1.76. The summed E-state index contributed by atoms with van der Waals surface area (Å²) in [5, 5.41) is 6.01. The van der Waals surface area contributed by atoms with E-state index in [1.807, 2.05) is 30.3 Å². The van der Waals surface area contributed by atoms with Gasteiger partial charge in [-0.3, -0.25) is 4.79 Å². The molecule has 1 aliphatic rings. The van der Waals surface area contributed by atoms with Gasteiger partial charge in [-0.1, -0.05) is 13.0 Å². The average Bonchev–Trinajstić information content (AvgIpc) is 2.61. The molecule has 25 heavy (non-hydrogen) atoms. The fourth-order valence-electron chi connectivity index (χ4n) is 3.30. The molecule has 1 aliphatic heterocycles. The number of nitrogens with zero attached hydrogens (tertiary/aromatic N) is 3. The Bertz CT molecular complexity index is 733. The summed E-state index contributed by atoms with van der Waals surface area (Å²) in [7, 11) is 0. The van der Waals surface area contributed by atoms with E-state index in [2.05, 4.69) is 27.4 Å². The molecule has 1 aromatic carbocycles. The second kappa shape index (κ2) is 7.96. The van der Waals surface area contributed by atoms with Gasteiger partial charge in [0.25, 0.3) is 0 Å². The predicted octanol–water partition coefficient (Wildman–Crippen LogP) is 3.95. The Labute approximate surface area is 148 Å². The molecule has 3 rings (SSSR count). The van der Waals surface area contributed by atoms with E-state index < -0.39 is 0 Å². The van der Waals surface area contributed by atoms with E-state index >= 15 is 0 Å². The highest BCUT2D eigenvalue weighted by atomic mass is 16.1. The number of amides is 1. The molecule has 1 atom stereocenters. The number of rotatable bonds is 5. The number of nitrogens with one attached hydrogen (secondary N) is 2. The molecule has 1 amide bonds. The Kier molecular flexibility index (Phi) is 5.48. The highest BCUT2D eigenvalue weighted by Crippen LogP contribution is 2.26. The zero-order valence-corrected chi connectivity index (χ0v) is 14.8. The van der Waals surface area contributed by atoms with Crippen LogP contribution in [0.1, 0.15) is 39.5 Å². The molecule has 1 unspecified atom stereocenters. The number of carbonyl (C=O) groups is 1. The van der Waals surface area contributed by atoms with Crippen LogP contribution in [0.2, 0.25) is 0 Å². The molecule has 0 radical (unpaired) electrons. The third-order valence-electron chi connectivity index (χ3n) is 4.47. The fraction of sp³-hybridized carbons (Fsp3) is 0.421. The van der Waals surface area contributed by atoms with Crippen molar-refractivity contribution in [1.29, 1.82) is 0 Å². The molecule has 2 aromatic rings. The van der Waals surface area contributed by atoms with Gasteiger partial charge in [0.05, 0.1) is 0 Å². The van der Waals surface area contributed by atoms with Crippen LogP contribution in [0.15, 0.2) is 36.5 Å². The van der Waals surface area contributed by atoms with E-state index in [4.69, 9.17) is 4.98 Å². The molecule has 2 heterocycles. The first-order valence-corrected chi connectivity index (χ1v) is 8.90. The van der Waals surface area contributed by atoms with Crippen LogP contribution >= 0.6 is 0 Å². The summed E-state index contributed by atoms with van der Waals surface area (Å²) in [5.41, 5.74) is 1.59. The Hall–Kier alpha value is -2.63. The van der Waals surface area contributed by atoms with Crippen molar-refractivity contribution < 1.29 is 4.79 Å². The van der Waals surface area contributed by atoms with Crippen molar-refractivity contribution in [1.82, 2.24) is 9.97 Å². The van der Waals surface area contributed by atoms with Gasteiger partial charge >= 0.3 is 0 Å². The van der Waals surface area contributed by atoms with Crippen LogP contribution in [-0.2, 0) is 4.79 Å². The molecule has 1 fully saturated rings. The van der Waals surface area contributed by atoms with E-state index in [1.165, 1.54) is 26.2 Å². The third-order valence-corrected chi connectivity index (χ3v) is 4.47. The van der Waals surface area contributed by atoms with Crippen LogP contribution in [0.3, 0.4) is 0 Å². The lowest BCUT2D eigenvalue weighted by atomic mass is 10.0. The largest absolute Gasteiger partial charge is 0.353 e. The van der Waals surface area contributed by atoms with Crippen LogP contribution in [-0.4, -0.2) is 28.5 Å². The summed E-state index contributed by atoms with van der Waals surface area (Å²) >= 11 is 0. The van der Waals surface area contributed by atoms with Gasteiger partial charge in [0.15, 0.2) is 0 Å². The molecule has 0 bridgehead atoms. The number of benzene rings is 1. The minimum atomic E-state index is -0.0916. The maximum Gasteiger partial charge on any atom is 0.229 e. The third kappa shape index (κ3) is 4.47. The number of piperidine rings is 1. The number of hydrogen-bond donors (Lipinski definition) is 2. The summed E-state index contributed by atoms with van der Waals surface area (Å²) in [6.07, 6.45) is 6.65. The topological polar surface area (TPSA) is 70.2 Å². The first-order valence-electron chi connectivity index (χ1n) is 8.90. The quantitative estimate of drug-likeness (QED) is 0.863. The first-order chi connectivity index (χ1) is 12.2. The van der Waals surface area contributed by atoms with E-state index in [1.54, 1.807) is 6.20 Å². The lowest BCUT2D eigenvalue weighted by Crippen LogP contribution is -2.39. The monoisotopic (exact) mass is 339 g/mol. The van der Waals surface area contributed by atoms with Gasteiger partial charge in [-0.15, -0.1) is 0 Å². The van der Waals surface area contributed by atoms with Crippen molar-refractivity contribution in [2.75, 3.05) is 22.1 Å². The zero-order chi connectivity index (χ0) is 17.6. The van der Waals surface area contributed by atoms with Crippen LogP contribution in [0.25, 0.3) is 0 Å². The van der Waals surface area contributed by atoms with Crippen molar-refractivity contribution in [3.05, 3.63) is 36.5 Å². The van der Waals surface area contributed by atoms with E-state index in [0.29, 0.717) is 12.0 Å². The van der Waals surface area contributed by atoms with Crippen molar-refractivity contribution in [2.24, 2.45) is 0 Å². The molecule has 6 nitrogen and oxygen atoms in total. The number of aromatic nitrogens is 2. The molecule has 0 spiro atoms. The minimum absolute atomic E-state index is 0.0916. The van der Waals surface area contributed by atoms with Gasteiger partial charge in [-0.05, 0) is 49.9 Å². The van der Waals surface area contributed by atoms with Crippen LogP contribution < -0.4 is 15.5 Å². The van der Waals surface area contributed by atoms with Crippen molar-refractivity contribution in [3.8, 4) is 0 Å². The standard InChI is InChI=1S/C19H25N5O/c1-3-17-9-4-5-12-24(17)18-10-11-20-19(23-18)22-16-8-6-7-15(13-16)21-14(2)25/h6-8,10-11,13,17H,3-5,9,12H2,1-2H3,(H,21,25)(H,20,22,23). The SMILES string of the molecule is CCC1CCCCN1c1ccnc(Nc2cccc(NC(C)=O)c2)n1. The lowest BCUT2D eigenvalue weighted by Gasteiger charge is -2.36. The second-order valence-corrected chi connectivity index (χ2v) is 6.38. The highest BCUT2D eigenvalue weighted by molar-refractivity contribution is 5.89. The average molecular weight is 339 g/mol. The van der Waals surface area contributed by atoms with Gasteiger partial charge in [-0.2, -0.15) is 4.98 Å². The highest BCUT2D eigenvalue weighted by Gasteiger charge is 2.22.